The monoisotopic (exact) mass is 454 g/mol. The molecule has 2 heterocycles. The standard InChI is InChI=1S/C23H23ClN4O2S/c1-3-4-7-13-31-23-25-21-20(26-27-23)18-11-5-6-12-19(18)28(15(2)29)22(30-21)16-9-8-10-17(24)14-16/h5-6,8-12,14,22H,3-4,7,13H2,1-2H3. The van der Waals surface area contributed by atoms with Crippen molar-refractivity contribution in [1.82, 2.24) is 15.2 Å². The van der Waals surface area contributed by atoms with E-state index in [1.54, 1.807) is 28.8 Å². The van der Waals surface area contributed by atoms with Gasteiger partial charge in [0.1, 0.15) is 0 Å². The van der Waals surface area contributed by atoms with Crippen molar-refractivity contribution in [3.05, 3.63) is 59.1 Å². The summed E-state index contributed by atoms with van der Waals surface area (Å²) in [5.41, 5.74) is 2.71. The minimum absolute atomic E-state index is 0.160. The molecule has 0 fully saturated rings. The molecule has 1 aliphatic rings. The summed E-state index contributed by atoms with van der Waals surface area (Å²) in [5.74, 6) is 1.11. The first-order chi connectivity index (χ1) is 15.1. The van der Waals surface area contributed by atoms with Gasteiger partial charge in [-0.1, -0.05) is 73.5 Å². The molecule has 1 aromatic heterocycles. The zero-order valence-electron chi connectivity index (χ0n) is 17.4. The number of ether oxygens (including phenoxy) is 1. The van der Waals surface area contributed by atoms with Crippen molar-refractivity contribution in [2.75, 3.05) is 10.7 Å². The van der Waals surface area contributed by atoms with Crippen LogP contribution in [0, 0.1) is 0 Å². The average molecular weight is 455 g/mol. The van der Waals surface area contributed by atoms with Crippen LogP contribution in [0.4, 0.5) is 5.69 Å². The molecule has 6 nitrogen and oxygen atoms in total. The van der Waals surface area contributed by atoms with Crippen molar-refractivity contribution in [2.24, 2.45) is 0 Å². The Morgan fingerprint density at radius 3 is 2.77 bits per heavy atom. The number of unbranched alkanes of at least 4 members (excludes halogenated alkanes) is 2. The Morgan fingerprint density at radius 1 is 1.16 bits per heavy atom. The van der Waals surface area contributed by atoms with Gasteiger partial charge in [0.05, 0.1) is 5.69 Å². The van der Waals surface area contributed by atoms with E-state index >= 15 is 0 Å². The molecule has 0 aliphatic carbocycles. The maximum Gasteiger partial charge on any atom is 0.247 e. The third kappa shape index (κ3) is 4.67. The third-order valence-corrected chi connectivity index (χ3v) is 6.12. The normalized spacial score (nSPS) is 14.9. The third-order valence-electron chi connectivity index (χ3n) is 4.96. The van der Waals surface area contributed by atoms with Gasteiger partial charge >= 0.3 is 0 Å². The van der Waals surface area contributed by atoms with Gasteiger partial charge in [-0.2, -0.15) is 4.98 Å². The molecule has 0 N–H and O–H groups in total. The van der Waals surface area contributed by atoms with Crippen molar-refractivity contribution in [2.45, 2.75) is 44.5 Å². The van der Waals surface area contributed by atoms with Gasteiger partial charge in [-0.3, -0.25) is 9.69 Å². The van der Waals surface area contributed by atoms with Crippen LogP contribution in [0.2, 0.25) is 5.02 Å². The summed E-state index contributed by atoms with van der Waals surface area (Å²) in [6.45, 7) is 3.69. The Kier molecular flexibility index (Phi) is 6.73. The topological polar surface area (TPSA) is 68.2 Å². The molecule has 1 aliphatic heterocycles. The molecule has 1 atom stereocenters. The highest BCUT2D eigenvalue weighted by atomic mass is 35.5. The smallest absolute Gasteiger partial charge is 0.247 e. The Morgan fingerprint density at radius 2 is 2.00 bits per heavy atom. The highest BCUT2D eigenvalue weighted by molar-refractivity contribution is 7.99. The molecule has 3 aromatic rings. The Bertz CT molecular complexity index is 1090. The second-order valence-corrected chi connectivity index (χ2v) is 8.73. The fourth-order valence-corrected chi connectivity index (χ4v) is 4.48. The molecule has 0 saturated carbocycles. The summed E-state index contributed by atoms with van der Waals surface area (Å²) in [7, 11) is 0. The number of hydrogen-bond acceptors (Lipinski definition) is 6. The number of anilines is 1. The Hall–Kier alpha value is -2.64. The number of carbonyl (C=O) groups excluding carboxylic acids is 1. The first-order valence-corrected chi connectivity index (χ1v) is 11.6. The quantitative estimate of drug-likeness (QED) is 0.340. The highest BCUT2D eigenvalue weighted by Gasteiger charge is 2.34. The molecule has 0 spiro atoms. The van der Waals surface area contributed by atoms with Gasteiger partial charge in [0, 0.05) is 28.8 Å². The number of benzene rings is 2. The molecule has 2 aromatic carbocycles. The Balaban J connectivity index is 1.80. The second kappa shape index (κ2) is 9.66. The van der Waals surface area contributed by atoms with Crippen LogP contribution in [-0.4, -0.2) is 26.8 Å². The van der Waals surface area contributed by atoms with Crippen molar-refractivity contribution in [3.8, 4) is 17.1 Å². The fourth-order valence-electron chi connectivity index (χ4n) is 3.51. The van der Waals surface area contributed by atoms with Crippen LogP contribution in [0.5, 0.6) is 5.88 Å². The lowest BCUT2D eigenvalue weighted by atomic mass is 10.1. The van der Waals surface area contributed by atoms with E-state index in [1.807, 2.05) is 36.4 Å². The summed E-state index contributed by atoms with van der Waals surface area (Å²) < 4.78 is 6.34. The van der Waals surface area contributed by atoms with E-state index in [0.717, 1.165) is 29.7 Å². The maximum atomic E-state index is 12.8. The van der Waals surface area contributed by atoms with Crippen molar-refractivity contribution >= 4 is 35.0 Å². The van der Waals surface area contributed by atoms with Crippen LogP contribution < -0.4 is 9.64 Å². The molecule has 8 heteroatoms. The molecule has 4 rings (SSSR count). The lowest BCUT2D eigenvalue weighted by Crippen LogP contribution is -2.36. The van der Waals surface area contributed by atoms with Crippen molar-refractivity contribution < 1.29 is 9.53 Å². The zero-order chi connectivity index (χ0) is 21.8. The van der Waals surface area contributed by atoms with Crippen LogP contribution in [0.25, 0.3) is 11.3 Å². The SMILES string of the molecule is CCCCCSc1nnc2c(n1)OC(c1cccc(Cl)c1)N(C(C)=O)c1ccccc1-2. The van der Waals surface area contributed by atoms with E-state index in [2.05, 4.69) is 22.1 Å². The van der Waals surface area contributed by atoms with E-state index in [0.29, 0.717) is 27.4 Å². The summed E-state index contributed by atoms with van der Waals surface area (Å²) >= 11 is 7.80. The van der Waals surface area contributed by atoms with E-state index < -0.39 is 6.23 Å². The van der Waals surface area contributed by atoms with Gasteiger partial charge in [0.25, 0.3) is 0 Å². The molecular formula is C23H23ClN4O2S. The molecular weight excluding hydrogens is 432 g/mol. The van der Waals surface area contributed by atoms with Gasteiger partial charge in [-0.15, -0.1) is 10.2 Å². The fraction of sp³-hybridized carbons (Fsp3) is 0.304. The second-order valence-electron chi connectivity index (χ2n) is 7.24. The molecule has 0 saturated heterocycles. The number of thioether (sulfide) groups is 1. The summed E-state index contributed by atoms with van der Waals surface area (Å²) in [5, 5.41) is 9.87. The van der Waals surface area contributed by atoms with Gasteiger partial charge in [-0.25, -0.2) is 0 Å². The molecule has 31 heavy (non-hydrogen) atoms. The van der Waals surface area contributed by atoms with Gasteiger partial charge < -0.3 is 4.74 Å². The molecule has 1 amide bonds. The molecule has 1 unspecified atom stereocenters. The van der Waals surface area contributed by atoms with Crippen LogP contribution in [-0.2, 0) is 4.79 Å². The summed E-state index contributed by atoms with van der Waals surface area (Å²) in [6.07, 6.45) is 2.69. The van der Waals surface area contributed by atoms with Gasteiger partial charge in [0.2, 0.25) is 23.2 Å². The van der Waals surface area contributed by atoms with Crippen LogP contribution in [0.1, 0.15) is 44.9 Å². The maximum absolute atomic E-state index is 12.8. The lowest BCUT2D eigenvalue weighted by Gasteiger charge is -2.29. The van der Waals surface area contributed by atoms with Gasteiger partial charge in [-0.05, 0) is 24.6 Å². The van der Waals surface area contributed by atoms with Crippen molar-refractivity contribution in [1.29, 1.82) is 0 Å². The first kappa shape index (κ1) is 21.6. The highest BCUT2D eigenvalue weighted by Crippen LogP contribution is 2.43. The largest absolute Gasteiger partial charge is 0.447 e. The number of halogens is 1. The number of carbonyl (C=O) groups is 1. The van der Waals surface area contributed by atoms with E-state index in [4.69, 9.17) is 16.3 Å². The number of amides is 1. The van der Waals surface area contributed by atoms with E-state index in [-0.39, 0.29) is 5.91 Å². The number of nitrogens with zero attached hydrogens (tertiary/aromatic N) is 4. The minimum Gasteiger partial charge on any atom is -0.447 e. The first-order valence-electron chi connectivity index (χ1n) is 10.3. The van der Waals surface area contributed by atoms with Crippen LogP contribution in [0.15, 0.2) is 53.7 Å². The predicted molar refractivity (Wildman–Crippen MR) is 123 cm³/mol. The summed E-state index contributed by atoms with van der Waals surface area (Å²) in [6, 6.07) is 14.9. The lowest BCUT2D eigenvalue weighted by molar-refractivity contribution is -0.118. The molecule has 0 bridgehead atoms. The van der Waals surface area contributed by atoms with E-state index in [9.17, 15) is 4.79 Å². The van der Waals surface area contributed by atoms with Crippen LogP contribution >= 0.6 is 23.4 Å². The van der Waals surface area contributed by atoms with Gasteiger partial charge in [0.15, 0.2) is 5.69 Å². The Labute approximate surface area is 191 Å². The molecule has 160 valence electrons. The number of aromatic nitrogens is 3. The minimum atomic E-state index is -0.728. The number of para-hydroxylation sites is 1. The summed E-state index contributed by atoms with van der Waals surface area (Å²) in [4.78, 5) is 19.0. The number of rotatable bonds is 6. The number of hydrogen-bond donors (Lipinski definition) is 0. The molecule has 0 radical (unpaired) electrons. The zero-order valence-corrected chi connectivity index (χ0v) is 19.0. The van der Waals surface area contributed by atoms with E-state index in [1.165, 1.54) is 13.3 Å². The van der Waals surface area contributed by atoms with Crippen molar-refractivity contribution in [3.63, 3.8) is 0 Å². The number of fused-ring (bicyclic) bond motifs is 3. The average Bonchev–Trinajstić information content (AvgIpc) is 2.91. The predicted octanol–water partition coefficient (Wildman–Crippen LogP) is 5.92. The van der Waals surface area contributed by atoms with Crippen LogP contribution in [0.3, 0.4) is 0 Å².